The molecule has 0 bridgehead atoms. The highest BCUT2D eigenvalue weighted by molar-refractivity contribution is 7.99. The van der Waals surface area contributed by atoms with E-state index in [1.54, 1.807) is 0 Å². The Hall–Kier alpha value is -3.41. The van der Waals surface area contributed by atoms with E-state index >= 15 is 0 Å². The highest BCUT2D eigenvalue weighted by atomic mass is 32.2. The number of rotatable bonds is 12. The van der Waals surface area contributed by atoms with Crippen molar-refractivity contribution >= 4 is 40.8 Å². The van der Waals surface area contributed by atoms with E-state index in [4.69, 9.17) is 9.72 Å². The summed E-state index contributed by atoms with van der Waals surface area (Å²) in [4.78, 5) is 16.9. The third-order valence-electron chi connectivity index (χ3n) is 8.25. The maximum absolute atomic E-state index is 12.1. The number of carbonyl (C=O) groups is 1. The Morgan fingerprint density at radius 3 is 2.60 bits per heavy atom. The van der Waals surface area contributed by atoms with E-state index in [1.807, 2.05) is 37.7 Å². The van der Waals surface area contributed by atoms with Gasteiger partial charge in [-0.3, -0.25) is 4.79 Å². The lowest BCUT2D eigenvalue weighted by Crippen LogP contribution is -2.18. The molecule has 1 aliphatic rings. The van der Waals surface area contributed by atoms with Crippen molar-refractivity contribution in [3.63, 3.8) is 0 Å². The summed E-state index contributed by atoms with van der Waals surface area (Å²) < 4.78 is 4.99. The first-order valence-corrected chi connectivity index (χ1v) is 15.8. The highest BCUT2D eigenvalue weighted by Crippen LogP contribution is 2.53. The minimum absolute atomic E-state index is 0.0542. The van der Waals surface area contributed by atoms with Crippen molar-refractivity contribution in [1.29, 1.82) is 0 Å². The molecule has 3 aromatic carbocycles. The molecular weight excluding hydrogens is 538 g/mol. The van der Waals surface area contributed by atoms with E-state index in [0.29, 0.717) is 6.42 Å². The monoisotopic (exact) mass is 579 g/mol. The van der Waals surface area contributed by atoms with Crippen LogP contribution in [0.15, 0.2) is 78.9 Å². The van der Waals surface area contributed by atoms with Gasteiger partial charge in [-0.2, -0.15) is 11.8 Å². The minimum atomic E-state index is -0.891. The zero-order chi connectivity index (χ0) is 29.7. The van der Waals surface area contributed by atoms with Crippen LogP contribution < -0.4 is 0 Å². The molecule has 4 nitrogen and oxygen atoms in total. The van der Waals surface area contributed by atoms with Gasteiger partial charge in [0.25, 0.3) is 0 Å². The maximum atomic E-state index is 12.1. The van der Waals surface area contributed by atoms with E-state index in [1.165, 1.54) is 23.8 Å². The summed E-state index contributed by atoms with van der Waals surface area (Å²) in [5.74, 6) is 0.814. The number of aryl methyl sites for hydroxylation is 2. The standard InChI is InChI=1S/C37H41NO3S/c1-26-12-14-29-15-18-31(38-33(29)22-26)17-13-27-8-7-10-30(23-27)34(42-25-37(20-21-37)24-35(39)41-4)19-16-28-9-5-6-11-32(28)36(2,3)40/h5-15,17-18,22-23,34,40H,16,19-21,24-25H2,1-4H3/b17-13-/t34-/m1/s1. The van der Waals surface area contributed by atoms with Gasteiger partial charge >= 0.3 is 5.97 Å². The molecule has 1 saturated carbocycles. The summed E-state index contributed by atoms with van der Waals surface area (Å²) in [5, 5.41) is 12.2. The molecule has 4 aromatic rings. The normalized spacial score (nSPS) is 15.2. The van der Waals surface area contributed by atoms with Crippen LogP contribution in [0.4, 0.5) is 0 Å². The van der Waals surface area contributed by atoms with Crippen molar-refractivity contribution < 1.29 is 14.6 Å². The van der Waals surface area contributed by atoms with Crippen LogP contribution in [-0.2, 0) is 21.6 Å². The number of esters is 1. The molecule has 0 amide bonds. The lowest BCUT2D eigenvalue weighted by Gasteiger charge is -2.24. The largest absolute Gasteiger partial charge is 0.469 e. The summed E-state index contributed by atoms with van der Waals surface area (Å²) in [6, 6.07) is 27.5. The van der Waals surface area contributed by atoms with Crippen LogP contribution in [0.5, 0.6) is 0 Å². The fourth-order valence-corrected chi connectivity index (χ4v) is 7.12. The first-order valence-electron chi connectivity index (χ1n) is 14.8. The number of nitrogens with zero attached hydrogens (tertiary/aromatic N) is 1. The van der Waals surface area contributed by atoms with Crippen LogP contribution in [0, 0.1) is 12.3 Å². The molecule has 0 spiro atoms. The number of hydrogen-bond acceptors (Lipinski definition) is 5. The molecule has 42 heavy (non-hydrogen) atoms. The van der Waals surface area contributed by atoms with Crippen molar-refractivity contribution in [3.05, 3.63) is 112 Å². The van der Waals surface area contributed by atoms with Crippen LogP contribution >= 0.6 is 11.8 Å². The maximum Gasteiger partial charge on any atom is 0.306 e. The number of aliphatic hydroxyl groups is 1. The van der Waals surface area contributed by atoms with Gasteiger partial charge in [0, 0.05) is 16.4 Å². The van der Waals surface area contributed by atoms with E-state index in [-0.39, 0.29) is 16.6 Å². The fourth-order valence-electron chi connectivity index (χ4n) is 5.55. The zero-order valence-electron chi connectivity index (χ0n) is 25.1. The third kappa shape index (κ3) is 7.70. The second-order valence-electron chi connectivity index (χ2n) is 12.2. The van der Waals surface area contributed by atoms with Crippen LogP contribution in [0.2, 0.25) is 0 Å². The van der Waals surface area contributed by atoms with Crippen molar-refractivity contribution in [1.82, 2.24) is 4.98 Å². The topological polar surface area (TPSA) is 59.4 Å². The van der Waals surface area contributed by atoms with Gasteiger partial charge < -0.3 is 9.84 Å². The number of methoxy groups -OCH3 is 1. The molecule has 0 aliphatic heterocycles. The molecule has 1 aliphatic carbocycles. The van der Waals surface area contributed by atoms with Crippen LogP contribution in [-0.4, -0.2) is 28.9 Å². The second kappa shape index (κ2) is 12.8. The molecule has 0 unspecified atom stereocenters. The molecule has 0 radical (unpaired) electrons. The van der Waals surface area contributed by atoms with Gasteiger partial charge in [-0.1, -0.05) is 72.8 Å². The van der Waals surface area contributed by atoms with Crippen molar-refractivity contribution in [2.45, 2.75) is 63.7 Å². The number of pyridine rings is 1. The highest BCUT2D eigenvalue weighted by Gasteiger charge is 2.45. The molecular formula is C37H41NO3S. The molecule has 0 saturated heterocycles. The third-order valence-corrected chi connectivity index (χ3v) is 9.93. The number of aromatic nitrogens is 1. The number of ether oxygens (including phenoxy) is 1. The summed E-state index contributed by atoms with van der Waals surface area (Å²) in [7, 11) is 1.47. The SMILES string of the molecule is COC(=O)CC1(CS[C@H](CCc2ccccc2C(C)(C)O)c2cccc(/C=C\c3ccc4ccc(C)cc4n3)c2)CC1. The molecule has 1 N–H and O–H groups in total. The molecule has 1 heterocycles. The van der Waals surface area contributed by atoms with Gasteiger partial charge in [0.15, 0.2) is 0 Å². The van der Waals surface area contributed by atoms with Gasteiger partial charge in [0.2, 0.25) is 0 Å². The number of benzene rings is 3. The van der Waals surface area contributed by atoms with Crippen LogP contribution in [0.3, 0.4) is 0 Å². The molecule has 5 rings (SSSR count). The van der Waals surface area contributed by atoms with E-state index in [9.17, 15) is 9.90 Å². The van der Waals surface area contributed by atoms with Crippen LogP contribution in [0.25, 0.3) is 23.1 Å². The van der Waals surface area contributed by atoms with Gasteiger partial charge in [0.1, 0.15) is 0 Å². The Bertz CT molecular complexity index is 1580. The second-order valence-corrected chi connectivity index (χ2v) is 13.4. The van der Waals surface area contributed by atoms with Crippen molar-refractivity contribution in [3.8, 4) is 0 Å². The van der Waals surface area contributed by atoms with Crippen molar-refractivity contribution in [2.75, 3.05) is 12.9 Å². The van der Waals surface area contributed by atoms with Gasteiger partial charge in [0.05, 0.1) is 30.3 Å². The lowest BCUT2D eigenvalue weighted by molar-refractivity contribution is -0.141. The molecule has 1 fully saturated rings. The lowest BCUT2D eigenvalue weighted by atomic mass is 9.90. The van der Waals surface area contributed by atoms with Gasteiger partial charge in [-0.05, 0) is 97.9 Å². The fraction of sp³-hybridized carbons (Fsp3) is 0.351. The smallest absolute Gasteiger partial charge is 0.306 e. The van der Waals surface area contributed by atoms with Gasteiger partial charge in [-0.25, -0.2) is 4.98 Å². The first kappa shape index (κ1) is 30.1. The number of hydrogen-bond donors (Lipinski definition) is 1. The molecule has 1 aromatic heterocycles. The predicted molar refractivity (Wildman–Crippen MR) is 175 cm³/mol. The Balaban J connectivity index is 1.37. The summed E-state index contributed by atoms with van der Waals surface area (Å²) in [6.45, 7) is 5.79. The average molecular weight is 580 g/mol. The van der Waals surface area contributed by atoms with Crippen molar-refractivity contribution in [2.24, 2.45) is 5.41 Å². The Morgan fingerprint density at radius 2 is 1.83 bits per heavy atom. The summed E-state index contributed by atoms with van der Waals surface area (Å²) in [6.07, 6.45) is 8.66. The number of carbonyl (C=O) groups excluding carboxylic acids is 1. The summed E-state index contributed by atoms with van der Waals surface area (Å²) in [5.41, 5.74) is 6.89. The van der Waals surface area contributed by atoms with E-state index in [2.05, 4.69) is 85.8 Å². The summed E-state index contributed by atoms with van der Waals surface area (Å²) >= 11 is 1.95. The molecule has 1 atom stereocenters. The van der Waals surface area contributed by atoms with E-state index in [0.717, 1.165) is 59.2 Å². The van der Waals surface area contributed by atoms with Gasteiger partial charge in [-0.15, -0.1) is 0 Å². The Kier molecular flexibility index (Phi) is 9.19. The molecule has 218 valence electrons. The quantitative estimate of drug-likeness (QED) is 0.170. The first-order chi connectivity index (χ1) is 20.1. The zero-order valence-corrected chi connectivity index (χ0v) is 25.9. The van der Waals surface area contributed by atoms with E-state index < -0.39 is 5.60 Å². The van der Waals surface area contributed by atoms with Crippen LogP contribution in [0.1, 0.15) is 78.3 Å². The molecule has 5 heteroatoms. The predicted octanol–water partition coefficient (Wildman–Crippen LogP) is 8.69. The number of fused-ring (bicyclic) bond motifs is 1. The Labute approximate surface area is 254 Å². The minimum Gasteiger partial charge on any atom is -0.469 e. The average Bonchev–Trinajstić information content (AvgIpc) is 3.74. The Morgan fingerprint density at radius 1 is 1.05 bits per heavy atom. The number of thioether (sulfide) groups is 1.